The van der Waals surface area contributed by atoms with Crippen LogP contribution >= 0.6 is 0 Å². The highest BCUT2D eigenvalue weighted by Crippen LogP contribution is 2.04. The molecule has 0 aliphatic rings. The van der Waals surface area contributed by atoms with Crippen molar-refractivity contribution in [3.05, 3.63) is 32.8 Å². The summed E-state index contributed by atoms with van der Waals surface area (Å²) in [7, 11) is 0. The molecule has 0 radical (unpaired) electrons. The van der Waals surface area contributed by atoms with Crippen molar-refractivity contribution < 1.29 is 14.7 Å². The molecule has 0 saturated heterocycles. The Hall–Kier alpha value is -2.38. The minimum Gasteiger partial charge on any atom is -0.481 e. The topological polar surface area (TPSA) is 112 Å². The number of H-pyrrole nitrogens is 1. The summed E-state index contributed by atoms with van der Waals surface area (Å²) in [5.41, 5.74) is -0.987. The Labute approximate surface area is 114 Å². The van der Waals surface area contributed by atoms with Gasteiger partial charge in [-0.2, -0.15) is 0 Å². The van der Waals surface area contributed by atoms with E-state index >= 15 is 0 Å². The number of carboxylic acid groups (broad SMARTS) is 1. The predicted molar refractivity (Wildman–Crippen MR) is 70.4 cm³/mol. The van der Waals surface area contributed by atoms with E-state index in [1.165, 1.54) is 4.90 Å². The number of carbonyl (C=O) groups excluding carboxylic acids is 1. The molecule has 0 saturated carbocycles. The number of aliphatic carboxylic acids is 1. The fraction of sp³-hybridized carbons (Fsp3) is 0.500. The van der Waals surface area contributed by atoms with Crippen LogP contribution in [0.1, 0.15) is 20.3 Å². The number of likely N-dealkylation sites (N-methyl/N-ethyl adjacent to an activating group) is 1. The van der Waals surface area contributed by atoms with Crippen LogP contribution in [0, 0.1) is 0 Å². The second-order valence-electron chi connectivity index (χ2n) is 4.36. The van der Waals surface area contributed by atoms with Crippen LogP contribution in [0.25, 0.3) is 0 Å². The van der Waals surface area contributed by atoms with Gasteiger partial charge in [-0.3, -0.25) is 24.3 Å². The van der Waals surface area contributed by atoms with Crippen LogP contribution in [0.2, 0.25) is 0 Å². The lowest BCUT2D eigenvalue weighted by atomic mass is 10.2. The second-order valence-corrected chi connectivity index (χ2v) is 4.36. The number of carbonyl (C=O) groups is 2. The van der Waals surface area contributed by atoms with Gasteiger partial charge in [0.1, 0.15) is 6.54 Å². The monoisotopic (exact) mass is 283 g/mol. The SMILES string of the molecule is CCN(C(=O)Cn1[nH]c(=O)ccc1=O)C(C)CC(=O)O. The van der Waals surface area contributed by atoms with E-state index in [0.717, 1.165) is 16.8 Å². The molecule has 8 heteroatoms. The van der Waals surface area contributed by atoms with Crippen molar-refractivity contribution in [2.45, 2.75) is 32.9 Å². The number of aromatic amines is 1. The van der Waals surface area contributed by atoms with Gasteiger partial charge in [0.25, 0.3) is 11.1 Å². The first-order valence-electron chi connectivity index (χ1n) is 6.16. The van der Waals surface area contributed by atoms with Crippen LogP contribution in [0.3, 0.4) is 0 Å². The van der Waals surface area contributed by atoms with E-state index in [-0.39, 0.29) is 13.0 Å². The summed E-state index contributed by atoms with van der Waals surface area (Å²) in [4.78, 5) is 46.7. The maximum absolute atomic E-state index is 12.1. The highest BCUT2D eigenvalue weighted by molar-refractivity contribution is 5.77. The van der Waals surface area contributed by atoms with Crippen LogP contribution < -0.4 is 11.1 Å². The third-order valence-corrected chi connectivity index (χ3v) is 2.84. The molecule has 8 nitrogen and oxygen atoms in total. The predicted octanol–water partition coefficient (Wildman–Crippen LogP) is -0.752. The van der Waals surface area contributed by atoms with Gasteiger partial charge in [-0.15, -0.1) is 0 Å². The van der Waals surface area contributed by atoms with Crippen molar-refractivity contribution in [3.8, 4) is 0 Å². The maximum Gasteiger partial charge on any atom is 0.305 e. The van der Waals surface area contributed by atoms with E-state index < -0.39 is 29.0 Å². The molecular formula is C12H17N3O5. The molecule has 1 aromatic rings. The first kappa shape index (κ1) is 15.7. The maximum atomic E-state index is 12.1. The number of carboxylic acids is 1. The molecule has 1 unspecified atom stereocenters. The van der Waals surface area contributed by atoms with Gasteiger partial charge in [0.15, 0.2) is 0 Å². The Morgan fingerprint density at radius 1 is 1.40 bits per heavy atom. The summed E-state index contributed by atoms with van der Waals surface area (Å²) in [5.74, 6) is -1.43. The molecule has 0 fully saturated rings. The standard InChI is InChI=1S/C12H17N3O5/c1-3-14(8(2)6-12(19)20)11(18)7-15-10(17)5-4-9(16)13-15/h4-5,8H,3,6-7H2,1-2H3,(H,13,16)(H,19,20). The van der Waals surface area contributed by atoms with Gasteiger partial charge in [0, 0.05) is 24.7 Å². The van der Waals surface area contributed by atoms with Gasteiger partial charge in [-0.25, -0.2) is 4.68 Å². The number of nitrogens with zero attached hydrogens (tertiary/aromatic N) is 2. The van der Waals surface area contributed by atoms with E-state index in [0.29, 0.717) is 6.54 Å². The fourth-order valence-electron chi connectivity index (χ4n) is 1.90. The molecule has 1 amide bonds. The minimum atomic E-state index is -1.01. The van der Waals surface area contributed by atoms with Crippen LogP contribution in [0.5, 0.6) is 0 Å². The van der Waals surface area contributed by atoms with E-state index in [4.69, 9.17) is 5.11 Å². The lowest BCUT2D eigenvalue weighted by Crippen LogP contribution is -2.43. The third-order valence-electron chi connectivity index (χ3n) is 2.84. The highest BCUT2D eigenvalue weighted by atomic mass is 16.4. The van der Waals surface area contributed by atoms with Crippen molar-refractivity contribution in [1.29, 1.82) is 0 Å². The fourth-order valence-corrected chi connectivity index (χ4v) is 1.90. The Balaban J connectivity index is 2.87. The normalized spacial score (nSPS) is 11.9. The summed E-state index contributed by atoms with van der Waals surface area (Å²) in [6.45, 7) is 3.32. The number of rotatable bonds is 6. The van der Waals surface area contributed by atoms with E-state index in [2.05, 4.69) is 5.10 Å². The molecule has 0 spiro atoms. The summed E-state index contributed by atoms with van der Waals surface area (Å²) in [6, 6.07) is 1.66. The third kappa shape index (κ3) is 4.08. The van der Waals surface area contributed by atoms with Gasteiger partial charge in [0.2, 0.25) is 5.91 Å². The number of hydrogen-bond donors (Lipinski definition) is 2. The van der Waals surface area contributed by atoms with Gasteiger partial charge in [0.05, 0.1) is 6.42 Å². The Bertz CT molecular complexity index is 604. The van der Waals surface area contributed by atoms with E-state index in [9.17, 15) is 19.2 Å². The molecule has 1 aromatic heterocycles. The van der Waals surface area contributed by atoms with E-state index in [1.807, 2.05) is 0 Å². The number of amides is 1. The highest BCUT2D eigenvalue weighted by Gasteiger charge is 2.21. The molecule has 2 N–H and O–H groups in total. The van der Waals surface area contributed by atoms with Crippen LogP contribution in [-0.4, -0.2) is 44.3 Å². The molecule has 20 heavy (non-hydrogen) atoms. The molecule has 1 rings (SSSR count). The molecule has 1 heterocycles. The van der Waals surface area contributed by atoms with Crippen molar-refractivity contribution in [1.82, 2.24) is 14.7 Å². The van der Waals surface area contributed by atoms with Gasteiger partial charge < -0.3 is 10.0 Å². The lowest BCUT2D eigenvalue weighted by Gasteiger charge is -2.27. The molecule has 0 aliphatic carbocycles. The number of hydrogen-bond acceptors (Lipinski definition) is 4. The zero-order valence-corrected chi connectivity index (χ0v) is 11.3. The summed E-state index contributed by atoms with van der Waals surface area (Å²) in [5, 5.41) is 11.0. The molecular weight excluding hydrogens is 266 g/mol. The van der Waals surface area contributed by atoms with E-state index in [1.54, 1.807) is 13.8 Å². The smallest absolute Gasteiger partial charge is 0.305 e. The van der Waals surface area contributed by atoms with Crippen molar-refractivity contribution in [3.63, 3.8) is 0 Å². The van der Waals surface area contributed by atoms with Crippen LogP contribution in [0.4, 0.5) is 0 Å². The van der Waals surface area contributed by atoms with Gasteiger partial charge in [-0.1, -0.05) is 0 Å². The Kier molecular flexibility index (Phi) is 5.24. The molecule has 0 aromatic carbocycles. The zero-order valence-electron chi connectivity index (χ0n) is 11.3. The molecule has 110 valence electrons. The van der Waals surface area contributed by atoms with Crippen molar-refractivity contribution in [2.75, 3.05) is 6.54 Å². The van der Waals surface area contributed by atoms with Crippen molar-refractivity contribution in [2.24, 2.45) is 0 Å². The molecule has 0 bridgehead atoms. The second kappa shape index (κ2) is 6.69. The lowest BCUT2D eigenvalue weighted by molar-refractivity contribution is -0.140. The summed E-state index contributed by atoms with van der Waals surface area (Å²) >= 11 is 0. The van der Waals surface area contributed by atoms with Gasteiger partial charge >= 0.3 is 5.97 Å². The zero-order chi connectivity index (χ0) is 15.3. The Morgan fingerprint density at radius 3 is 2.60 bits per heavy atom. The molecule has 1 atom stereocenters. The Morgan fingerprint density at radius 2 is 2.05 bits per heavy atom. The minimum absolute atomic E-state index is 0.181. The largest absolute Gasteiger partial charge is 0.481 e. The van der Waals surface area contributed by atoms with Crippen LogP contribution in [-0.2, 0) is 16.1 Å². The number of aromatic nitrogens is 2. The molecule has 0 aliphatic heterocycles. The first-order valence-corrected chi connectivity index (χ1v) is 6.16. The van der Waals surface area contributed by atoms with Crippen molar-refractivity contribution >= 4 is 11.9 Å². The first-order chi connectivity index (χ1) is 9.35. The average molecular weight is 283 g/mol. The number of nitrogens with one attached hydrogen (secondary N) is 1. The summed E-state index contributed by atoms with van der Waals surface area (Å²) < 4.78 is 0.904. The summed E-state index contributed by atoms with van der Waals surface area (Å²) in [6.07, 6.45) is -0.181. The van der Waals surface area contributed by atoms with Crippen LogP contribution in [0.15, 0.2) is 21.7 Å². The van der Waals surface area contributed by atoms with Gasteiger partial charge in [-0.05, 0) is 13.8 Å². The average Bonchev–Trinajstić information content (AvgIpc) is 2.33. The quantitative estimate of drug-likeness (QED) is 0.713.